The standard InChI is InChI=1S/C23H28N8O2/c1-14(28-20-18-19(25-12-24-18)26-13-27-20)21-29-16-8-4-5-9-17(16)31(21)15-7-6-10-30(11-15)22(32)23(2,3)33/h4-5,8-9,12-15,33H,6-7,10-11H2,1-3H3,(H2,24,25,26,27,28)/t14-,15+/m0/s1. The summed E-state index contributed by atoms with van der Waals surface area (Å²) < 4.78 is 2.24. The number of piperidine rings is 1. The molecule has 1 fully saturated rings. The molecule has 0 radical (unpaired) electrons. The summed E-state index contributed by atoms with van der Waals surface area (Å²) in [5.41, 5.74) is 1.88. The molecule has 0 spiro atoms. The van der Waals surface area contributed by atoms with Gasteiger partial charge in [-0.05, 0) is 45.7 Å². The van der Waals surface area contributed by atoms with Crippen molar-refractivity contribution in [2.75, 3.05) is 18.4 Å². The van der Waals surface area contributed by atoms with Crippen molar-refractivity contribution in [1.29, 1.82) is 0 Å². The first-order valence-corrected chi connectivity index (χ1v) is 11.2. The van der Waals surface area contributed by atoms with Gasteiger partial charge in [0.2, 0.25) is 0 Å². The minimum atomic E-state index is -1.39. The van der Waals surface area contributed by atoms with Gasteiger partial charge in [-0.15, -0.1) is 0 Å². The van der Waals surface area contributed by atoms with Gasteiger partial charge in [0.25, 0.3) is 5.91 Å². The molecule has 172 valence electrons. The number of aliphatic hydroxyl groups is 1. The zero-order chi connectivity index (χ0) is 23.2. The van der Waals surface area contributed by atoms with Gasteiger partial charge in [-0.2, -0.15) is 0 Å². The van der Waals surface area contributed by atoms with E-state index in [1.807, 2.05) is 25.1 Å². The van der Waals surface area contributed by atoms with E-state index >= 15 is 0 Å². The van der Waals surface area contributed by atoms with Gasteiger partial charge in [-0.25, -0.2) is 19.9 Å². The average Bonchev–Trinajstić information content (AvgIpc) is 3.43. The molecule has 1 aliphatic rings. The van der Waals surface area contributed by atoms with Crippen LogP contribution >= 0.6 is 0 Å². The number of para-hydroxylation sites is 2. The third kappa shape index (κ3) is 3.91. The number of hydrogen-bond acceptors (Lipinski definition) is 7. The van der Waals surface area contributed by atoms with E-state index < -0.39 is 5.60 Å². The fourth-order valence-electron chi connectivity index (χ4n) is 4.63. The highest BCUT2D eigenvalue weighted by Gasteiger charge is 2.34. The molecular formula is C23H28N8O2. The molecule has 4 aromatic rings. The van der Waals surface area contributed by atoms with Crippen molar-refractivity contribution in [2.24, 2.45) is 0 Å². The molecule has 33 heavy (non-hydrogen) atoms. The van der Waals surface area contributed by atoms with Crippen molar-refractivity contribution < 1.29 is 9.90 Å². The second kappa shape index (κ2) is 8.11. The Bertz CT molecular complexity index is 1300. The number of hydrogen-bond donors (Lipinski definition) is 3. The number of rotatable bonds is 5. The fourth-order valence-corrected chi connectivity index (χ4v) is 4.63. The van der Waals surface area contributed by atoms with Gasteiger partial charge >= 0.3 is 0 Å². The van der Waals surface area contributed by atoms with Crippen molar-refractivity contribution in [1.82, 2.24) is 34.4 Å². The van der Waals surface area contributed by atoms with Crippen molar-refractivity contribution in [3.63, 3.8) is 0 Å². The summed E-state index contributed by atoms with van der Waals surface area (Å²) in [5.74, 6) is 1.25. The maximum atomic E-state index is 12.8. The normalized spacial score (nSPS) is 18.1. The highest BCUT2D eigenvalue weighted by atomic mass is 16.3. The Morgan fingerprint density at radius 2 is 2.09 bits per heavy atom. The van der Waals surface area contributed by atoms with Crippen LogP contribution < -0.4 is 5.32 Å². The SMILES string of the molecule is C[C@H](Nc1ncnc2[nH]cnc12)c1nc2ccccc2n1[C@@H]1CCCN(C(=O)C(C)(C)O)C1. The predicted octanol–water partition coefficient (Wildman–Crippen LogP) is 2.81. The number of aromatic amines is 1. The molecule has 3 N–H and O–H groups in total. The van der Waals surface area contributed by atoms with Crippen LogP contribution in [-0.4, -0.2) is 64.1 Å². The Labute approximate surface area is 191 Å². The zero-order valence-electron chi connectivity index (χ0n) is 19.0. The lowest BCUT2D eigenvalue weighted by molar-refractivity contribution is -0.149. The van der Waals surface area contributed by atoms with E-state index in [0.29, 0.717) is 30.1 Å². The number of anilines is 1. The molecule has 1 saturated heterocycles. The molecule has 0 unspecified atom stereocenters. The number of carbonyl (C=O) groups excluding carboxylic acids is 1. The predicted molar refractivity (Wildman–Crippen MR) is 125 cm³/mol. The van der Waals surface area contributed by atoms with Crippen LogP contribution in [0.25, 0.3) is 22.2 Å². The molecule has 1 aliphatic heterocycles. The first-order valence-electron chi connectivity index (χ1n) is 11.2. The Morgan fingerprint density at radius 1 is 1.27 bits per heavy atom. The van der Waals surface area contributed by atoms with Gasteiger partial charge in [-0.3, -0.25) is 4.79 Å². The van der Waals surface area contributed by atoms with Gasteiger partial charge in [0, 0.05) is 13.1 Å². The highest BCUT2D eigenvalue weighted by Crippen LogP contribution is 2.32. The van der Waals surface area contributed by atoms with Crippen molar-refractivity contribution in [2.45, 2.75) is 51.3 Å². The van der Waals surface area contributed by atoms with E-state index in [1.54, 1.807) is 25.1 Å². The number of imidazole rings is 2. The third-order valence-electron chi connectivity index (χ3n) is 6.15. The smallest absolute Gasteiger partial charge is 0.254 e. The lowest BCUT2D eigenvalue weighted by atomic mass is 10.0. The number of nitrogens with one attached hydrogen (secondary N) is 2. The van der Waals surface area contributed by atoms with Gasteiger partial charge < -0.3 is 24.9 Å². The van der Waals surface area contributed by atoms with Crippen LogP contribution in [0.4, 0.5) is 5.82 Å². The van der Waals surface area contributed by atoms with E-state index in [-0.39, 0.29) is 18.0 Å². The molecule has 1 aromatic carbocycles. The number of benzene rings is 1. The molecule has 0 saturated carbocycles. The third-order valence-corrected chi connectivity index (χ3v) is 6.15. The monoisotopic (exact) mass is 448 g/mol. The number of carbonyl (C=O) groups is 1. The van der Waals surface area contributed by atoms with Crippen LogP contribution in [0.2, 0.25) is 0 Å². The van der Waals surface area contributed by atoms with Crippen LogP contribution in [0, 0.1) is 0 Å². The molecule has 5 rings (SSSR count). The lowest BCUT2D eigenvalue weighted by Crippen LogP contribution is -2.49. The first-order chi connectivity index (χ1) is 15.8. The summed E-state index contributed by atoms with van der Waals surface area (Å²) >= 11 is 0. The molecule has 10 nitrogen and oxygen atoms in total. The Hall–Kier alpha value is -3.53. The molecule has 2 atom stereocenters. The van der Waals surface area contributed by atoms with Crippen molar-refractivity contribution in [3.8, 4) is 0 Å². The maximum Gasteiger partial charge on any atom is 0.254 e. The van der Waals surface area contributed by atoms with Crippen LogP contribution in [0.3, 0.4) is 0 Å². The summed E-state index contributed by atoms with van der Waals surface area (Å²) in [5, 5.41) is 13.7. The van der Waals surface area contributed by atoms with Crippen molar-refractivity contribution in [3.05, 3.63) is 42.7 Å². The van der Waals surface area contributed by atoms with Crippen LogP contribution in [0.5, 0.6) is 0 Å². The zero-order valence-corrected chi connectivity index (χ0v) is 19.0. The van der Waals surface area contributed by atoms with Gasteiger partial charge in [-0.1, -0.05) is 12.1 Å². The summed E-state index contributed by atoms with van der Waals surface area (Å²) in [6.45, 7) is 6.30. The largest absolute Gasteiger partial charge is 0.381 e. The van der Waals surface area contributed by atoms with Crippen LogP contribution in [0.15, 0.2) is 36.9 Å². The second-order valence-electron chi connectivity index (χ2n) is 9.12. The molecule has 0 aliphatic carbocycles. The number of amides is 1. The lowest BCUT2D eigenvalue weighted by Gasteiger charge is -2.37. The van der Waals surface area contributed by atoms with Crippen molar-refractivity contribution >= 4 is 33.9 Å². The second-order valence-corrected chi connectivity index (χ2v) is 9.12. The molecular weight excluding hydrogens is 420 g/mol. The summed E-state index contributed by atoms with van der Waals surface area (Å²) in [7, 11) is 0. The number of aromatic nitrogens is 6. The minimum absolute atomic E-state index is 0.0486. The van der Waals surface area contributed by atoms with Crippen LogP contribution in [-0.2, 0) is 4.79 Å². The Balaban J connectivity index is 1.51. The molecule has 10 heteroatoms. The Kier molecular flexibility index (Phi) is 5.24. The number of H-pyrrole nitrogens is 1. The quantitative estimate of drug-likeness (QED) is 0.429. The molecule has 3 aromatic heterocycles. The van der Waals surface area contributed by atoms with Gasteiger partial charge in [0.1, 0.15) is 23.3 Å². The van der Waals surface area contributed by atoms with E-state index in [0.717, 1.165) is 29.7 Å². The van der Waals surface area contributed by atoms with Gasteiger partial charge in [0.05, 0.1) is 29.4 Å². The van der Waals surface area contributed by atoms with E-state index in [1.165, 1.54) is 6.33 Å². The first kappa shape index (κ1) is 21.3. The number of likely N-dealkylation sites (tertiary alicyclic amines) is 1. The van der Waals surface area contributed by atoms with Gasteiger partial charge in [0.15, 0.2) is 11.5 Å². The van der Waals surface area contributed by atoms with E-state index in [4.69, 9.17) is 4.98 Å². The minimum Gasteiger partial charge on any atom is -0.381 e. The topological polar surface area (TPSA) is 125 Å². The average molecular weight is 449 g/mol. The summed E-state index contributed by atoms with van der Waals surface area (Å²) in [4.78, 5) is 35.4. The fraction of sp³-hybridized carbons (Fsp3) is 0.435. The molecule has 0 bridgehead atoms. The summed E-state index contributed by atoms with van der Waals surface area (Å²) in [6, 6.07) is 7.92. The van der Waals surface area contributed by atoms with E-state index in [2.05, 4.69) is 35.9 Å². The summed E-state index contributed by atoms with van der Waals surface area (Å²) in [6.07, 6.45) is 4.88. The Morgan fingerprint density at radius 3 is 2.91 bits per heavy atom. The highest BCUT2D eigenvalue weighted by molar-refractivity contribution is 5.84. The van der Waals surface area contributed by atoms with E-state index in [9.17, 15) is 9.90 Å². The van der Waals surface area contributed by atoms with Crippen LogP contribution in [0.1, 0.15) is 51.5 Å². The maximum absolute atomic E-state index is 12.8. The molecule has 4 heterocycles. The molecule has 1 amide bonds. The number of fused-ring (bicyclic) bond motifs is 2. The number of nitrogens with zero attached hydrogens (tertiary/aromatic N) is 6.